The van der Waals surface area contributed by atoms with Gasteiger partial charge in [-0.15, -0.1) is 0 Å². The van der Waals surface area contributed by atoms with Gasteiger partial charge in [0.15, 0.2) is 0 Å². The molecule has 0 bridgehead atoms. The Morgan fingerprint density at radius 1 is 1.00 bits per heavy atom. The summed E-state index contributed by atoms with van der Waals surface area (Å²) in [5, 5.41) is 0. The molecule has 0 spiro atoms. The van der Waals surface area contributed by atoms with Crippen molar-refractivity contribution in [2.24, 2.45) is 0 Å². The summed E-state index contributed by atoms with van der Waals surface area (Å²) in [4.78, 5) is 0. The summed E-state index contributed by atoms with van der Waals surface area (Å²) in [5.74, 6) is 0. The monoisotopic (exact) mass is 396 g/mol. The third-order valence-electron chi connectivity index (χ3n) is 0. The van der Waals surface area contributed by atoms with Crippen molar-refractivity contribution < 1.29 is 23.0 Å². The van der Waals surface area contributed by atoms with E-state index in [1.807, 2.05) is 0 Å². The first kappa shape index (κ1) is 22.4. The van der Waals surface area contributed by atoms with Crippen molar-refractivity contribution in [3.8, 4) is 0 Å². The molecule has 8 heteroatoms. The third-order valence-corrected chi connectivity index (χ3v) is 0. The number of rotatable bonds is 0. The van der Waals surface area contributed by atoms with Crippen LogP contribution in [0.3, 0.4) is 0 Å². The molecular weight excluding hydrogens is 387 g/mol. The molecule has 0 aromatic heterocycles. The Labute approximate surface area is 128 Å². The molecule has 0 aromatic rings. The molecule has 0 saturated heterocycles. The van der Waals surface area contributed by atoms with Crippen LogP contribution in [-0.4, -0.2) is 121 Å². The zero-order valence-electron chi connectivity index (χ0n) is 2.62. The Hall–Kier alpha value is 2.97. The normalized spacial score (nSPS) is 7.25. The van der Waals surface area contributed by atoms with Crippen LogP contribution in [0.5, 0.6) is 0 Å². The maximum absolute atomic E-state index is 8.74. The van der Waals surface area contributed by atoms with Crippen molar-refractivity contribution in [1.82, 2.24) is 0 Å². The molecule has 0 atom stereocenters. The van der Waals surface area contributed by atoms with E-state index < -0.39 is 10.4 Å². The van der Waals surface area contributed by atoms with Crippen LogP contribution >= 0.6 is 0 Å². The first-order chi connectivity index (χ1) is 2.00. The van der Waals surface area contributed by atoms with Gasteiger partial charge in [-0.2, -0.15) is 8.42 Å². The zero-order valence-corrected chi connectivity index (χ0v) is 3.44. The Bertz CT molecular complexity index is 93.6. The predicted octanol–water partition coefficient (Wildman–Crippen LogP) is -3.31. The van der Waals surface area contributed by atoms with E-state index in [9.17, 15) is 0 Å². The second-order valence-electron chi connectivity index (χ2n) is 0.448. The molecule has 0 radical (unpaired) electrons. The molecule has 0 aromatic carbocycles. The molecular formula is H8Ba2O5S. The molecule has 4 N–H and O–H groups in total. The average Bonchev–Trinajstić information content (AvgIpc) is 0.722. The van der Waals surface area contributed by atoms with Crippen LogP contribution in [0.4, 0.5) is 0 Å². The van der Waals surface area contributed by atoms with Crippen molar-refractivity contribution in [3.05, 3.63) is 0 Å². The summed E-state index contributed by atoms with van der Waals surface area (Å²) in [7, 11) is -4.67. The van der Waals surface area contributed by atoms with Crippen LogP contribution in [0, 0.1) is 0 Å². The molecule has 0 rings (SSSR count). The van der Waals surface area contributed by atoms with E-state index in [2.05, 4.69) is 0 Å². The van der Waals surface area contributed by atoms with Crippen LogP contribution in [0.25, 0.3) is 0 Å². The fourth-order valence-electron chi connectivity index (χ4n) is 0. The third kappa shape index (κ3) is 64.5. The number of hydrogen-bond donors (Lipinski definition) is 2. The first-order valence-electron chi connectivity index (χ1n) is 0.698. The van der Waals surface area contributed by atoms with Gasteiger partial charge >= 0.3 is 108 Å². The summed E-state index contributed by atoms with van der Waals surface area (Å²) in [5.41, 5.74) is 0. The molecule has 0 amide bonds. The Morgan fingerprint density at radius 2 is 1.00 bits per heavy atom. The van der Waals surface area contributed by atoms with Crippen molar-refractivity contribution in [2.75, 3.05) is 0 Å². The maximum atomic E-state index is 8.74. The Kier molecular flexibility index (Phi) is 28.0. The van der Waals surface area contributed by atoms with Crippen molar-refractivity contribution in [1.29, 1.82) is 0 Å². The van der Waals surface area contributed by atoms with Gasteiger partial charge < -0.3 is 5.48 Å². The first-order valence-corrected chi connectivity index (χ1v) is 2.10. The van der Waals surface area contributed by atoms with Crippen LogP contribution in [0.15, 0.2) is 0 Å². The van der Waals surface area contributed by atoms with Gasteiger partial charge in [-0.1, -0.05) is 0 Å². The molecule has 0 heterocycles. The summed E-state index contributed by atoms with van der Waals surface area (Å²) >= 11 is 0. The molecule has 8 heavy (non-hydrogen) atoms. The SMILES string of the molecule is O.O=S(=O)(O)O.[BaH2].[BaH2]. The van der Waals surface area contributed by atoms with Gasteiger partial charge in [0.05, 0.1) is 0 Å². The fourth-order valence-corrected chi connectivity index (χ4v) is 0. The molecule has 0 saturated carbocycles. The van der Waals surface area contributed by atoms with Crippen LogP contribution < -0.4 is 0 Å². The van der Waals surface area contributed by atoms with E-state index in [0.29, 0.717) is 0 Å². The quantitative estimate of drug-likeness (QED) is 0.331. The Morgan fingerprint density at radius 3 is 1.00 bits per heavy atom. The molecule has 5 nitrogen and oxygen atoms in total. The molecule has 48 valence electrons. The van der Waals surface area contributed by atoms with E-state index >= 15 is 0 Å². The summed E-state index contributed by atoms with van der Waals surface area (Å²) in [6.45, 7) is 0. The van der Waals surface area contributed by atoms with Gasteiger partial charge in [0.1, 0.15) is 0 Å². The van der Waals surface area contributed by atoms with E-state index in [1.165, 1.54) is 0 Å². The van der Waals surface area contributed by atoms with Gasteiger partial charge in [0.2, 0.25) is 0 Å². The average molecular weight is 395 g/mol. The van der Waals surface area contributed by atoms with E-state index in [1.54, 1.807) is 0 Å². The summed E-state index contributed by atoms with van der Waals surface area (Å²) < 4.78 is 31.6. The van der Waals surface area contributed by atoms with Gasteiger partial charge in [-0.05, 0) is 0 Å². The standard InChI is InChI=1S/2Ba.H2O4S.H2O.4H/c;;1-5(2,3)4;;;;;/h;;(H2,1,2,3,4);1H2;;;;. The number of hydrogen-bond acceptors (Lipinski definition) is 2. The van der Waals surface area contributed by atoms with Crippen LogP contribution in [0.1, 0.15) is 0 Å². The van der Waals surface area contributed by atoms with E-state index in [0.717, 1.165) is 0 Å². The summed E-state index contributed by atoms with van der Waals surface area (Å²) in [6, 6.07) is 0. The molecule has 0 aliphatic carbocycles. The van der Waals surface area contributed by atoms with Gasteiger partial charge in [-0.25, -0.2) is 0 Å². The van der Waals surface area contributed by atoms with E-state index in [-0.39, 0.29) is 103 Å². The minimum atomic E-state index is -4.67. The topological polar surface area (TPSA) is 106 Å². The molecule has 0 aliphatic heterocycles. The molecule has 0 aliphatic rings. The second kappa shape index (κ2) is 9.97. The second-order valence-corrected chi connectivity index (χ2v) is 1.34. The zero-order chi connectivity index (χ0) is 4.50. The van der Waals surface area contributed by atoms with E-state index in [4.69, 9.17) is 17.5 Å². The molecule has 0 fully saturated rings. The fraction of sp³-hybridized carbons (Fsp3) is 0. The van der Waals surface area contributed by atoms with Crippen LogP contribution in [0.2, 0.25) is 0 Å². The minimum absolute atomic E-state index is 0. The van der Waals surface area contributed by atoms with Gasteiger partial charge in [0.25, 0.3) is 0 Å². The van der Waals surface area contributed by atoms with Gasteiger partial charge in [0, 0.05) is 0 Å². The predicted molar refractivity (Wildman–Crippen MR) is 34.9 cm³/mol. The van der Waals surface area contributed by atoms with Gasteiger partial charge in [-0.3, -0.25) is 9.11 Å². The van der Waals surface area contributed by atoms with Crippen LogP contribution in [-0.2, 0) is 10.4 Å². The van der Waals surface area contributed by atoms with Crippen molar-refractivity contribution >= 4 is 108 Å². The Balaban J connectivity index is -0.0000000267. The van der Waals surface area contributed by atoms with Crippen molar-refractivity contribution in [3.63, 3.8) is 0 Å². The summed E-state index contributed by atoms with van der Waals surface area (Å²) in [6.07, 6.45) is 0. The molecule has 0 unspecified atom stereocenters. The van der Waals surface area contributed by atoms with Crippen molar-refractivity contribution in [2.45, 2.75) is 0 Å².